The second-order valence-corrected chi connectivity index (χ2v) is 6.52. The Morgan fingerprint density at radius 3 is 2.67 bits per heavy atom. The van der Waals surface area contributed by atoms with Crippen molar-refractivity contribution in [1.29, 1.82) is 0 Å². The van der Waals surface area contributed by atoms with E-state index in [1.807, 2.05) is 27.7 Å². The minimum Gasteiger partial charge on any atom is -0.396 e. The van der Waals surface area contributed by atoms with E-state index < -0.39 is 0 Å². The first-order valence-corrected chi connectivity index (χ1v) is 8.21. The molecule has 0 saturated carbocycles. The van der Waals surface area contributed by atoms with Gasteiger partial charge in [0, 0.05) is 31.8 Å². The number of hydrogen-bond acceptors (Lipinski definition) is 4. The van der Waals surface area contributed by atoms with E-state index in [-0.39, 0.29) is 30.0 Å². The molecule has 0 spiro atoms. The molecule has 0 bridgehead atoms. The van der Waals surface area contributed by atoms with Crippen molar-refractivity contribution in [3.8, 4) is 0 Å². The number of aliphatic hydroxyl groups excluding tert-OH is 1. The number of fused-ring (bicyclic) bond motifs is 1. The highest BCUT2D eigenvalue weighted by Gasteiger charge is 2.17. The highest BCUT2D eigenvalue weighted by molar-refractivity contribution is 5.81. The molecule has 2 rings (SSSR count). The maximum Gasteiger partial charge on any atom is 0.273 e. The monoisotopic (exact) mass is 334 g/mol. The molecule has 7 heteroatoms. The van der Waals surface area contributed by atoms with Crippen molar-refractivity contribution >= 4 is 16.9 Å². The zero-order valence-electron chi connectivity index (χ0n) is 14.9. The Morgan fingerprint density at radius 1 is 1.38 bits per heavy atom. The number of aryl methyl sites for hydroxylation is 3. The summed E-state index contributed by atoms with van der Waals surface area (Å²) in [6.45, 7) is 7.60. The van der Waals surface area contributed by atoms with Gasteiger partial charge in [0.1, 0.15) is 0 Å². The van der Waals surface area contributed by atoms with Crippen molar-refractivity contribution in [2.75, 3.05) is 6.61 Å². The predicted molar refractivity (Wildman–Crippen MR) is 93.0 cm³/mol. The Balaban J connectivity index is 2.17. The summed E-state index contributed by atoms with van der Waals surface area (Å²) in [5, 5.41) is 15.3. The van der Waals surface area contributed by atoms with E-state index in [2.05, 4.69) is 15.4 Å². The average Bonchev–Trinajstić information content (AvgIpc) is 2.80. The van der Waals surface area contributed by atoms with Crippen molar-refractivity contribution in [2.45, 2.75) is 46.6 Å². The molecule has 2 aromatic heterocycles. The summed E-state index contributed by atoms with van der Waals surface area (Å²) in [5.74, 6) is -0.0537. The minimum absolute atomic E-state index is 0.0123. The van der Waals surface area contributed by atoms with Crippen LogP contribution >= 0.6 is 0 Å². The molecule has 0 aliphatic heterocycles. The summed E-state index contributed by atoms with van der Waals surface area (Å²) in [6, 6.07) is -0.0812. The number of amides is 1. The summed E-state index contributed by atoms with van der Waals surface area (Å²) >= 11 is 0. The summed E-state index contributed by atoms with van der Waals surface area (Å²) in [6.07, 6.45) is 0.850. The average molecular weight is 334 g/mol. The maximum absolute atomic E-state index is 12.1. The van der Waals surface area contributed by atoms with Crippen LogP contribution in [0.5, 0.6) is 0 Å². The van der Waals surface area contributed by atoms with Crippen molar-refractivity contribution < 1.29 is 9.90 Å². The number of aliphatic hydroxyl groups is 1. The Labute approximate surface area is 141 Å². The Kier molecular flexibility index (Phi) is 5.43. The molecule has 132 valence electrons. The summed E-state index contributed by atoms with van der Waals surface area (Å²) in [5.41, 5.74) is 3.13. The molecule has 0 radical (unpaired) electrons. The Bertz CT molecular complexity index is 806. The van der Waals surface area contributed by atoms with Gasteiger partial charge in [-0.3, -0.25) is 19.4 Å². The Morgan fingerprint density at radius 2 is 2.04 bits per heavy atom. The van der Waals surface area contributed by atoms with Gasteiger partial charge in [0.2, 0.25) is 5.91 Å². The fourth-order valence-corrected chi connectivity index (χ4v) is 2.88. The topological polar surface area (TPSA) is 100 Å². The van der Waals surface area contributed by atoms with Crippen LogP contribution in [0.2, 0.25) is 0 Å². The fourth-order valence-electron chi connectivity index (χ4n) is 2.88. The van der Waals surface area contributed by atoms with Gasteiger partial charge in [0.05, 0.1) is 5.39 Å². The van der Waals surface area contributed by atoms with E-state index in [0.717, 1.165) is 16.8 Å². The molecule has 0 saturated heterocycles. The van der Waals surface area contributed by atoms with Crippen molar-refractivity contribution in [3.05, 3.63) is 27.2 Å². The van der Waals surface area contributed by atoms with Crippen LogP contribution < -0.4 is 10.9 Å². The number of carbonyl (C=O) groups is 1. The molecule has 24 heavy (non-hydrogen) atoms. The van der Waals surface area contributed by atoms with E-state index in [1.54, 1.807) is 11.7 Å². The molecule has 1 amide bonds. The molecule has 0 fully saturated rings. The quantitative estimate of drug-likeness (QED) is 0.732. The molecule has 2 heterocycles. The van der Waals surface area contributed by atoms with E-state index in [0.29, 0.717) is 23.9 Å². The number of rotatable bonds is 6. The van der Waals surface area contributed by atoms with Gasteiger partial charge in [0.25, 0.3) is 5.56 Å². The van der Waals surface area contributed by atoms with Crippen LogP contribution in [-0.2, 0) is 18.3 Å². The van der Waals surface area contributed by atoms with Crippen LogP contribution in [0, 0.1) is 19.8 Å². The van der Waals surface area contributed by atoms with Gasteiger partial charge in [-0.15, -0.1) is 0 Å². The number of H-pyrrole nitrogens is 1. The summed E-state index contributed by atoms with van der Waals surface area (Å²) < 4.78 is 1.62. The first-order chi connectivity index (χ1) is 11.3. The molecule has 0 aliphatic carbocycles. The highest BCUT2D eigenvalue weighted by Crippen LogP contribution is 2.21. The first kappa shape index (κ1) is 18.2. The number of hydrogen-bond donors (Lipinski definition) is 3. The molecule has 2 aromatic rings. The van der Waals surface area contributed by atoms with Gasteiger partial charge >= 0.3 is 0 Å². The lowest BCUT2D eigenvalue weighted by molar-refractivity contribution is -0.122. The molecule has 0 aliphatic rings. The van der Waals surface area contributed by atoms with E-state index in [1.165, 1.54) is 0 Å². The zero-order valence-corrected chi connectivity index (χ0v) is 14.9. The number of carbonyl (C=O) groups excluding carboxylic acids is 1. The van der Waals surface area contributed by atoms with Gasteiger partial charge in [-0.1, -0.05) is 6.92 Å². The maximum atomic E-state index is 12.1. The molecular weight excluding hydrogens is 308 g/mol. The summed E-state index contributed by atoms with van der Waals surface area (Å²) in [4.78, 5) is 28.7. The Hall–Kier alpha value is -2.15. The molecule has 2 unspecified atom stereocenters. The zero-order chi connectivity index (χ0) is 18.0. The number of nitrogens with zero attached hydrogens (tertiary/aromatic N) is 2. The number of pyridine rings is 1. The second kappa shape index (κ2) is 7.17. The van der Waals surface area contributed by atoms with Crippen molar-refractivity contribution in [3.63, 3.8) is 0 Å². The standard InChI is InChI=1S/C17H26N4O3/c1-9(8-22)11(3)18-14(23)7-6-13-10(2)15-16(19-12(13)4)21(5)20-17(15)24/h9,11,22H,6-8H2,1-5H3,(H,18,23)(H,20,24). The van der Waals surface area contributed by atoms with E-state index >= 15 is 0 Å². The third kappa shape index (κ3) is 3.51. The molecular formula is C17H26N4O3. The number of nitrogens with one attached hydrogen (secondary N) is 2. The largest absolute Gasteiger partial charge is 0.396 e. The van der Waals surface area contributed by atoms with Gasteiger partial charge in [-0.25, -0.2) is 4.98 Å². The van der Waals surface area contributed by atoms with Crippen LogP contribution in [-0.4, -0.2) is 38.4 Å². The molecule has 3 N–H and O–H groups in total. The lowest BCUT2D eigenvalue weighted by Crippen LogP contribution is -2.38. The third-order valence-electron chi connectivity index (χ3n) is 4.71. The third-order valence-corrected chi connectivity index (χ3v) is 4.71. The highest BCUT2D eigenvalue weighted by atomic mass is 16.3. The van der Waals surface area contributed by atoms with Gasteiger partial charge in [-0.2, -0.15) is 0 Å². The van der Waals surface area contributed by atoms with Crippen LogP contribution in [0.1, 0.15) is 37.1 Å². The van der Waals surface area contributed by atoms with Gasteiger partial charge < -0.3 is 10.4 Å². The van der Waals surface area contributed by atoms with Crippen LogP contribution in [0.4, 0.5) is 0 Å². The molecule has 7 nitrogen and oxygen atoms in total. The number of aromatic amines is 1. The van der Waals surface area contributed by atoms with Crippen molar-refractivity contribution in [2.24, 2.45) is 13.0 Å². The summed E-state index contributed by atoms with van der Waals surface area (Å²) in [7, 11) is 1.76. The predicted octanol–water partition coefficient (Wildman–Crippen LogP) is 0.944. The smallest absolute Gasteiger partial charge is 0.273 e. The fraction of sp³-hybridized carbons (Fsp3) is 0.588. The van der Waals surface area contributed by atoms with Crippen LogP contribution in [0.3, 0.4) is 0 Å². The first-order valence-electron chi connectivity index (χ1n) is 8.21. The number of aromatic nitrogens is 3. The minimum atomic E-state index is -0.159. The molecule has 2 atom stereocenters. The molecule has 0 aromatic carbocycles. The second-order valence-electron chi connectivity index (χ2n) is 6.52. The van der Waals surface area contributed by atoms with E-state index in [9.17, 15) is 9.59 Å². The van der Waals surface area contributed by atoms with Gasteiger partial charge in [0.15, 0.2) is 5.65 Å². The normalized spacial score (nSPS) is 13.9. The van der Waals surface area contributed by atoms with E-state index in [4.69, 9.17) is 5.11 Å². The van der Waals surface area contributed by atoms with Crippen LogP contribution in [0.25, 0.3) is 11.0 Å². The lowest BCUT2D eigenvalue weighted by atomic mass is 9.99. The SMILES string of the molecule is Cc1nc2c(c(C)c1CCC(=O)NC(C)C(C)CO)c(=O)[nH]n2C. The lowest BCUT2D eigenvalue weighted by Gasteiger charge is -2.19. The van der Waals surface area contributed by atoms with Crippen molar-refractivity contribution in [1.82, 2.24) is 20.1 Å². The van der Waals surface area contributed by atoms with Gasteiger partial charge in [-0.05, 0) is 44.2 Å². The van der Waals surface area contributed by atoms with Crippen LogP contribution in [0.15, 0.2) is 4.79 Å².